The van der Waals surface area contributed by atoms with E-state index in [1.54, 1.807) is 0 Å². The lowest BCUT2D eigenvalue weighted by Crippen LogP contribution is -2.25. The molecule has 0 radical (unpaired) electrons. The SMILES string of the molecule is CC(C)(C)Oc1c(F)c(F)c(C=O)c(F)c1F. The largest absolute Gasteiger partial charge is 0.482 e. The number of halogens is 4. The van der Waals surface area contributed by atoms with Gasteiger partial charge in [0.25, 0.3) is 0 Å². The van der Waals surface area contributed by atoms with E-state index in [2.05, 4.69) is 0 Å². The van der Waals surface area contributed by atoms with Gasteiger partial charge in [0.2, 0.25) is 11.6 Å². The van der Waals surface area contributed by atoms with Crippen LogP contribution in [0.25, 0.3) is 0 Å². The molecule has 0 atom stereocenters. The average Bonchev–Trinajstić information content (AvgIpc) is 2.21. The van der Waals surface area contributed by atoms with E-state index >= 15 is 0 Å². The van der Waals surface area contributed by atoms with Gasteiger partial charge in [-0.2, -0.15) is 8.78 Å². The van der Waals surface area contributed by atoms with Gasteiger partial charge in [-0.15, -0.1) is 0 Å². The van der Waals surface area contributed by atoms with Crippen molar-refractivity contribution in [2.24, 2.45) is 0 Å². The van der Waals surface area contributed by atoms with Crippen LogP contribution in [0.1, 0.15) is 31.1 Å². The van der Waals surface area contributed by atoms with Crippen molar-refractivity contribution in [1.82, 2.24) is 0 Å². The summed E-state index contributed by atoms with van der Waals surface area (Å²) >= 11 is 0. The van der Waals surface area contributed by atoms with Gasteiger partial charge in [0.15, 0.2) is 23.7 Å². The Morgan fingerprint density at radius 2 is 1.35 bits per heavy atom. The van der Waals surface area contributed by atoms with E-state index in [1.165, 1.54) is 20.8 Å². The number of hydrogen-bond acceptors (Lipinski definition) is 2. The van der Waals surface area contributed by atoms with Crippen LogP contribution in [0.4, 0.5) is 17.6 Å². The van der Waals surface area contributed by atoms with E-state index < -0.39 is 40.2 Å². The van der Waals surface area contributed by atoms with Gasteiger partial charge in [-0.3, -0.25) is 4.79 Å². The number of rotatable bonds is 2. The first kappa shape index (κ1) is 13.5. The summed E-state index contributed by atoms with van der Waals surface area (Å²) < 4.78 is 57.9. The number of hydrogen-bond donors (Lipinski definition) is 0. The molecule has 0 aromatic heterocycles. The van der Waals surface area contributed by atoms with Crippen LogP contribution in [-0.2, 0) is 0 Å². The Kier molecular flexibility index (Phi) is 3.45. The van der Waals surface area contributed by atoms with Gasteiger partial charge in [0, 0.05) is 0 Å². The molecule has 0 aliphatic rings. The van der Waals surface area contributed by atoms with Gasteiger partial charge in [0.05, 0.1) is 5.56 Å². The maximum Gasteiger partial charge on any atom is 0.204 e. The molecular formula is C11H10F4O2. The van der Waals surface area contributed by atoms with Gasteiger partial charge in [0.1, 0.15) is 5.60 Å². The maximum absolute atomic E-state index is 13.4. The summed E-state index contributed by atoms with van der Waals surface area (Å²) in [7, 11) is 0. The van der Waals surface area contributed by atoms with Crippen molar-refractivity contribution in [1.29, 1.82) is 0 Å². The minimum atomic E-state index is -1.77. The molecule has 1 aromatic carbocycles. The third-order valence-electron chi connectivity index (χ3n) is 1.78. The Labute approximate surface area is 95.2 Å². The Bertz CT molecular complexity index is 435. The maximum atomic E-state index is 13.4. The molecule has 6 heteroatoms. The molecule has 2 nitrogen and oxygen atoms in total. The molecule has 0 unspecified atom stereocenters. The minimum absolute atomic E-state index is 0.294. The predicted octanol–water partition coefficient (Wildman–Crippen LogP) is 3.23. The van der Waals surface area contributed by atoms with Crippen LogP contribution in [0.2, 0.25) is 0 Å². The van der Waals surface area contributed by atoms with Crippen LogP contribution < -0.4 is 4.74 Å². The van der Waals surface area contributed by atoms with Crippen LogP contribution in [0, 0.1) is 23.3 Å². The van der Waals surface area contributed by atoms with Crippen LogP contribution in [-0.4, -0.2) is 11.9 Å². The van der Waals surface area contributed by atoms with Gasteiger partial charge in [-0.25, -0.2) is 8.78 Å². The second kappa shape index (κ2) is 4.35. The third-order valence-corrected chi connectivity index (χ3v) is 1.78. The van der Waals surface area contributed by atoms with Crippen molar-refractivity contribution >= 4 is 6.29 Å². The van der Waals surface area contributed by atoms with Crippen LogP contribution in [0.3, 0.4) is 0 Å². The lowest BCUT2D eigenvalue weighted by molar-refractivity contribution is 0.109. The lowest BCUT2D eigenvalue weighted by atomic mass is 10.1. The van der Waals surface area contributed by atoms with E-state index in [4.69, 9.17) is 4.74 Å². The van der Waals surface area contributed by atoms with Crippen molar-refractivity contribution in [3.05, 3.63) is 28.8 Å². The van der Waals surface area contributed by atoms with Crippen LogP contribution in [0.15, 0.2) is 0 Å². The highest BCUT2D eigenvalue weighted by atomic mass is 19.2. The summed E-state index contributed by atoms with van der Waals surface area (Å²) in [5.74, 6) is -8.14. The summed E-state index contributed by atoms with van der Waals surface area (Å²) in [4.78, 5) is 10.3. The Hall–Kier alpha value is -1.59. The van der Waals surface area contributed by atoms with E-state index in [1.807, 2.05) is 0 Å². The second-order valence-corrected chi connectivity index (χ2v) is 4.33. The van der Waals surface area contributed by atoms with Crippen LogP contribution >= 0.6 is 0 Å². The molecule has 94 valence electrons. The topological polar surface area (TPSA) is 26.3 Å². The summed E-state index contributed by atoms with van der Waals surface area (Å²) in [5.41, 5.74) is -2.33. The summed E-state index contributed by atoms with van der Waals surface area (Å²) in [5, 5.41) is 0. The highest BCUT2D eigenvalue weighted by Crippen LogP contribution is 2.31. The fourth-order valence-corrected chi connectivity index (χ4v) is 1.13. The van der Waals surface area contributed by atoms with Crippen molar-refractivity contribution in [3.8, 4) is 5.75 Å². The number of benzene rings is 1. The predicted molar refractivity (Wildman–Crippen MR) is 52.0 cm³/mol. The Morgan fingerprint density at radius 3 is 1.65 bits per heavy atom. The average molecular weight is 250 g/mol. The molecule has 0 amide bonds. The highest BCUT2D eigenvalue weighted by Gasteiger charge is 2.28. The highest BCUT2D eigenvalue weighted by molar-refractivity contribution is 5.76. The molecule has 1 aromatic rings. The van der Waals surface area contributed by atoms with Crippen molar-refractivity contribution in [2.75, 3.05) is 0 Å². The smallest absolute Gasteiger partial charge is 0.204 e. The minimum Gasteiger partial charge on any atom is -0.482 e. The monoisotopic (exact) mass is 250 g/mol. The Morgan fingerprint density at radius 1 is 0.941 bits per heavy atom. The first-order valence-electron chi connectivity index (χ1n) is 4.69. The molecule has 17 heavy (non-hydrogen) atoms. The molecule has 0 bridgehead atoms. The molecule has 0 N–H and O–H groups in total. The first-order valence-corrected chi connectivity index (χ1v) is 4.69. The number of carbonyl (C=O) groups excluding carboxylic acids is 1. The zero-order valence-corrected chi connectivity index (χ0v) is 9.41. The summed E-state index contributed by atoms with van der Waals surface area (Å²) in [6.45, 7) is 4.36. The van der Waals surface area contributed by atoms with Gasteiger partial charge in [-0.05, 0) is 20.8 Å². The number of carbonyl (C=O) groups is 1. The molecule has 0 saturated carbocycles. The van der Waals surface area contributed by atoms with Crippen molar-refractivity contribution in [3.63, 3.8) is 0 Å². The number of aldehydes is 1. The van der Waals surface area contributed by atoms with Crippen LogP contribution in [0.5, 0.6) is 5.75 Å². The molecule has 1 rings (SSSR count). The standard InChI is InChI=1S/C11H10F4O2/c1-11(2,3)17-10-8(14)6(12)5(4-16)7(13)9(10)15/h4H,1-3H3. The van der Waals surface area contributed by atoms with Gasteiger partial charge in [-0.1, -0.05) is 0 Å². The molecule has 0 saturated heterocycles. The lowest BCUT2D eigenvalue weighted by Gasteiger charge is -2.22. The fraction of sp³-hybridized carbons (Fsp3) is 0.364. The molecule has 0 aliphatic heterocycles. The molecule has 0 heterocycles. The van der Waals surface area contributed by atoms with E-state index in [9.17, 15) is 22.4 Å². The third kappa shape index (κ3) is 2.57. The first-order chi connectivity index (χ1) is 7.69. The fourth-order valence-electron chi connectivity index (χ4n) is 1.13. The van der Waals surface area contributed by atoms with E-state index in [0.717, 1.165) is 0 Å². The molecule has 0 spiro atoms. The number of ether oxygens (including phenoxy) is 1. The zero-order chi connectivity index (χ0) is 13.4. The van der Waals surface area contributed by atoms with Crippen molar-refractivity contribution < 1.29 is 27.1 Å². The molecule has 0 aliphatic carbocycles. The summed E-state index contributed by atoms with van der Waals surface area (Å²) in [6.07, 6.45) is -0.294. The summed E-state index contributed by atoms with van der Waals surface area (Å²) in [6, 6.07) is 0. The van der Waals surface area contributed by atoms with E-state index in [0.29, 0.717) is 0 Å². The molecule has 0 fully saturated rings. The van der Waals surface area contributed by atoms with Crippen molar-refractivity contribution in [2.45, 2.75) is 26.4 Å². The molecular weight excluding hydrogens is 240 g/mol. The zero-order valence-electron chi connectivity index (χ0n) is 9.41. The van der Waals surface area contributed by atoms with Gasteiger partial charge >= 0.3 is 0 Å². The van der Waals surface area contributed by atoms with E-state index in [-0.39, 0.29) is 6.29 Å². The normalized spacial score (nSPS) is 11.5. The van der Waals surface area contributed by atoms with Gasteiger partial charge < -0.3 is 4.74 Å². The Balaban J connectivity index is 3.48. The second-order valence-electron chi connectivity index (χ2n) is 4.33. The quantitative estimate of drug-likeness (QED) is 0.457.